The summed E-state index contributed by atoms with van der Waals surface area (Å²) < 4.78 is 3.94. The van der Waals surface area contributed by atoms with Crippen molar-refractivity contribution in [3.8, 4) is 0 Å². The fourth-order valence-corrected chi connectivity index (χ4v) is 0.0408. The molecule has 8 N–H and O–H groups in total. The molecule has 0 fully saturated rings. The van der Waals surface area contributed by atoms with Crippen molar-refractivity contribution >= 4 is 15.4 Å². The van der Waals surface area contributed by atoms with Gasteiger partial charge in [0.1, 0.15) is 0 Å². The zero-order chi connectivity index (χ0) is 4.12. The third kappa shape index (κ3) is 24.6. The van der Waals surface area contributed by atoms with Crippen LogP contribution in [0.5, 0.6) is 0 Å². The van der Waals surface area contributed by atoms with Gasteiger partial charge in [-0.3, -0.25) is 0 Å². The van der Waals surface area contributed by atoms with Crippen LogP contribution in [0.1, 0.15) is 0 Å². The van der Waals surface area contributed by atoms with Crippen LogP contribution in [-0.2, 0) is 4.57 Å². The Kier molecular flexibility index (Phi) is 37.8. The van der Waals surface area contributed by atoms with Gasteiger partial charge >= 0.3 is 15.4 Å². The highest BCUT2D eigenvalue weighted by Crippen LogP contribution is 1.48. The van der Waals surface area contributed by atoms with Crippen molar-refractivity contribution < 1.29 is 14.6 Å². The molecular weight excluding hydrogens is 97.6 g/mol. The highest BCUT2D eigenvalue weighted by molar-refractivity contribution is 6.32. The van der Waals surface area contributed by atoms with E-state index in [2.05, 4.69) is 4.57 Å². The topological polar surface area (TPSA) is 120 Å². The fourth-order valence-electron chi connectivity index (χ4n) is 0.0408. The molecule has 0 saturated heterocycles. The molecule has 7 heteroatoms. The molecule has 5 nitrogen and oxygen atoms in total. The van der Waals surface area contributed by atoms with Gasteiger partial charge in [0.05, 0.1) is 0 Å². The van der Waals surface area contributed by atoms with Gasteiger partial charge in [-0.25, -0.2) is 0 Å². The minimum absolute atomic E-state index is 0. The maximum absolute atomic E-state index is 7.68. The van der Waals surface area contributed by atoms with Crippen molar-refractivity contribution in [1.29, 1.82) is 0 Å². The summed E-state index contributed by atoms with van der Waals surface area (Å²) in [5, 5.41) is 15.4. The standard InChI is InChI=1S/B2H4O3.2H3N/c3-1-5-2-4;;/h1-4H;2*1H3. The van der Waals surface area contributed by atoms with Gasteiger partial charge in [0, 0.05) is 0 Å². The molecule has 7 heavy (non-hydrogen) atoms. The second kappa shape index (κ2) is 16.8. The molecular formula is H10B2N2O3. The molecule has 0 amide bonds. The van der Waals surface area contributed by atoms with E-state index in [1.165, 1.54) is 0 Å². The van der Waals surface area contributed by atoms with Crippen molar-refractivity contribution in [1.82, 2.24) is 12.3 Å². The van der Waals surface area contributed by atoms with Gasteiger partial charge in [-0.05, 0) is 0 Å². The van der Waals surface area contributed by atoms with Gasteiger partial charge < -0.3 is 26.9 Å². The Balaban J connectivity index is -0.0000000800. The molecule has 0 spiro atoms. The van der Waals surface area contributed by atoms with E-state index in [1.54, 1.807) is 0 Å². The maximum Gasteiger partial charge on any atom is 0.421 e. The summed E-state index contributed by atoms with van der Waals surface area (Å²) in [7, 11) is -0.812. The van der Waals surface area contributed by atoms with Crippen molar-refractivity contribution in [3.63, 3.8) is 0 Å². The van der Waals surface area contributed by atoms with Crippen LogP contribution in [-0.4, -0.2) is 25.4 Å². The van der Waals surface area contributed by atoms with E-state index in [9.17, 15) is 0 Å². The monoisotopic (exact) mass is 108 g/mol. The molecule has 0 saturated carbocycles. The van der Waals surface area contributed by atoms with Crippen LogP contribution in [0, 0.1) is 0 Å². The van der Waals surface area contributed by atoms with E-state index in [0.717, 1.165) is 0 Å². The van der Waals surface area contributed by atoms with Crippen LogP contribution in [0.3, 0.4) is 0 Å². The molecule has 0 aliphatic heterocycles. The normalized spacial score (nSPS) is 4.86. The molecule has 0 aliphatic rings. The summed E-state index contributed by atoms with van der Waals surface area (Å²) in [6.45, 7) is 0. The van der Waals surface area contributed by atoms with E-state index in [-0.39, 0.29) is 12.3 Å². The van der Waals surface area contributed by atoms with Gasteiger partial charge in [0.25, 0.3) is 0 Å². The predicted molar refractivity (Wildman–Crippen MR) is 29.9 cm³/mol. The molecule has 0 atom stereocenters. The molecule has 0 radical (unpaired) electrons. The van der Waals surface area contributed by atoms with Gasteiger partial charge in [0.2, 0.25) is 0 Å². The first-order valence-corrected chi connectivity index (χ1v) is 1.21. The average Bonchev–Trinajstić information content (AvgIpc) is 1.41. The molecule has 44 valence electrons. The third-order valence-corrected chi connectivity index (χ3v) is 0.183. The van der Waals surface area contributed by atoms with Crippen LogP contribution in [0.15, 0.2) is 0 Å². The van der Waals surface area contributed by atoms with E-state index in [1.807, 2.05) is 0 Å². The number of hydrogen-bond acceptors (Lipinski definition) is 5. The molecule has 0 bridgehead atoms. The Morgan fingerprint density at radius 2 is 1.29 bits per heavy atom. The molecule has 0 aromatic carbocycles. The zero-order valence-electron chi connectivity index (χ0n) is 4.13. The molecule has 0 aromatic rings. The first-order valence-electron chi connectivity index (χ1n) is 1.21. The minimum atomic E-state index is -0.406. The largest absolute Gasteiger partial charge is 0.457 e. The molecule has 0 aromatic heterocycles. The SMILES string of the molecule is N.N.OBOBO. The summed E-state index contributed by atoms with van der Waals surface area (Å²) >= 11 is 0. The van der Waals surface area contributed by atoms with Crippen LogP contribution >= 0.6 is 0 Å². The lowest BCUT2D eigenvalue weighted by Crippen LogP contribution is -2.00. The van der Waals surface area contributed by atoms with Gasteiger partial charge in [-0.1, -0.05) is 0 Å². The van der Waals surface area contributed by atoms with Gasteiger partial charge in [-0.15, -0.1) is 0 Å². The van der Waals surface area contributed by atoms with Crippen LogP contribution in [0.2, 0.25) is 0 Å². The maximum atomic E-state index is 7.68. The Hall–Kier alpha value is -0.0701. The minimum Gasteiger partial charge on any atom is -0.457 e. The second-order valence-corrected chi connectivity index (χ2v) is 0.462. The average molecular weight is 108 g/mol. The summed E-state index contributed by atoms with van der Waals surface area (Å²) in [6, 6.07) is 0. The summed E-state index contributed by atoms with van der Waals surface area (Å²) in [6.07, 6.45) is 0. The van der Waals surface area contributed by atoms with E-state index >= 15 is 0 Å². The summed E-state index contributed by atoms with van der Waals surface area (Å²) in [5.74, 6) is 0. The molecule has 0 aliphatic carbocycles. The van der Waals surface area contributed by atoms with E-state index < -0.39 is 15.4 Å². The van der Waals surface area contributed by atoms with Crippen LogP contribution in [0.4, 0.5) is 0 Å². The Morgan fingerprint density at radius 1 is 1.00 bits per heavy atom. The number of rotatable bonds is 2. The van der Waals surface area contributed by atoms with Crippen molar-refractivity contribution in [2.75, 3.05) is 0 Å². The quantitative estimate of drug-likeness (QED) is 0.300. The predicted octanol–water partition coefficient (Wildman–Crippen LogP) is -2.16. The highest BCUT2D eigenvalue weighted by Gasteiger charge is 1.77. The Morgan fingerprint density at radius 3 is 1.29 bits per heavy atom. The first-order chi connectivity index (χ1) is 2.41. The lowest BCUT2D eigenvalue weighted by atomic mass is 10.3. The van der Waals surface area contributed by atoms with E-state index in [0.29, 0.717) is 0 Å². The smallest absolute Gasteiger partial charge is 0.421 e. The van der Waals surface area contributed by atoms with Crippen molar-refractivity contribution in [3.05, 3.63) is 0 Å². The van der Waals surface area contributed by atoms with Gasteiger partial charge in [0.15, 0.2) is 0 Å². The third-order valence-electron chi connectivity index (χ3n) is 0.183. The molecule has 0 unspecified atom stereocenters. The lowest BCUT2D eigenvalue weighted by molar-refractivity contribution is 0.408. The number of hydrogen-bond donors (Lipinski definition) is 4. The Labute approximate surface area is 43.5 Å². The summed E-state index contributed by atoms with van der Waals surface area (Å²) in [4.78, 5) is 0. The first kappa shape index (κ1) is 15.8. The van der Waals surface area contributed by atoms with Crippen LogP contribution in [0.25, 0.3) is 0 Å². The van der Waals surface area contributed by atoms with Crippen LogP contribution < -0.4 is 12.3 Å². The Bertz CT molecular complexity index is 18.4. The van der Waals surface area contributed by atoms with Gasteiger partial charge in [-0.2, -0.15) is 0 Å². The highest BCUT2D eigenvalue weighted by atomic mass is 16.5. The summed E-state index contributed by atoms with van der Waals surface area (Å²) in [5.41, 5.74) is 0. The van der Waals surface area contributed by atoms with E-state index in [4.69, 9.17) is 10.0 Å². The fraction of sp³-hybridized carbons (Fsp3) is 0. The zero-order valence-corrected chi connectivity index (χ0v) is 4.13. The van der Waals surface area contributed by atoms with Crippen molar-refractivity contribution in [2.24, 2.45) is 0 Å². The van der Waals surface area contributed by atoms with Crippen molar-refractivity contribution in [2.45, 2.75) is 0 Å². The second-order valence-electron chi connectivity index (χ2n) is 0.462. The lowest BCUT2D eigenvalue weighted by Gasteiger charge is -1.80. The molecule has 0 rings (SSSR count). The molecule has 0 heterocycles.